The van der Waals surface area contributed by atoms with E-state index in [2.05, 4.69) is 15.0 Å². The third-order valence-corrected chi connectivity index (χ3v) is 6.74. The largest absolute Gasteiger partial charge is 0.496 e. The number of pyridine rings is 1. The quantitative estimate of drug-likeness (QED) is 0.319. The van der Waals surface area contributed by atoms with Crippen LogP contribution in [-0.4, -0.2) is 42.3 Å². The molecule has 1 amide bonds. The number of halogens is 1. The van der Waals surface area contributed by atoms with Crippen molar-refractivity contribution in [3.8, 4) is 33.8 Å². The summed E-state index contributed by atoms with van der Waals surface area (Å²) in [4.78, 5) is 25.2. The van der Waals surface area contributed by atoms with Gasteiger partial charge in [-0.25, -0.2) is 19.6 Å². The smallest absolute Gasteiger partial charge is 0.266 e. The van der Waals surface area contributed by atoms with Gasteiger partial charge in [0.2, 0.25) is 0 Å². The van der Waals surface area contributed by atoms with E-state index in [1.807, 2.05) is 49.5 Å². The number of nitrogen functional groups attached to an aromatic ring is 1. The Hall–Kier alpha value is -4.96. The molecule has 4 aromatic heterocycles. The van der Waals surface area contributed by atoms with Crippen molar-refractivity contribution in [2.24, 2.45) is 12.8 Å². The minimum atomic E-state index is -0.532. The lowest BCUT2D eigenvalue weighted by atomic mass is 9.97. The highest BCUT2D eigenvalue weighted by Crippen LogP contribution is 2.42. The Morgan fingerprint density at radius 1 is 1.05 bits per heavy atom. The Bertz CT molecular complexity index is 1890. The zero-order chi connectivity index (χ0) is 26.6. The molecule has 0 unspecified atom stereocenters. The number of carbonyl (C=O) groups excluding carboxylic acids is 1. The monoisotopic (exact) mass is 524 g/mol. The third kappa shape index (κ3) is 3.53. The van der Waals surface area contributed by atoms with E-state index in [0.717, 1.165) is 22.0 Å². The first-order chi connectivity index (χ1) is 18.4. The fourth-order valence-corrected chi connectivity index (χ4v) is 5.05. The number of amides is 1. The molecule has 0 fully saturated rings. The molecular weight excluding hydrogens is 504 g/mol. The number of nitrogens with zero attached hydrogens (tertiary/aromatic N) is 6. The van der Waals surface area contributed by atoms with Crippen LogP contribution in [0.25, 0.3) is 50.0 Å². The first kappa shape index (κ1) is 23.4. The number of para-hydroxylation sites is 1. The Morgan fingerprint density at radius 3 is 2.63 bits per heavy atom. The zero-order valence-corrected chi connectivity index (χ0v) is 21.1. The number of anilines is 1. The van der Waals surface area contributed by atoms with Crippen LogP contribution in [0, 0.1) is 0 Å². The summed E-state index contributed by atoms with van der Waals surface area (Å²) in [5.41, 5.74) is 17.3. The molecule has 6 aromatic rings. The second-order valence-electron chi connectivity index (χ2n) is 8.63. The molecule has 0 saturated heterocycles. The molecule has 0 aliphatic carbocycles. The molecule has 10 nitrogen and oxygen atoms in total. The number of benzene rings is 2. The number of fused-ring (bicyclic) bond motifs is 2. The summed E-state index contributed by atoms with van der Waals surface area (Å²) < 4.78 is 9.26. The second-order valence-corrected chi connectivity index (χ2v) is 9.02. The van der Waals surface area contributed by atoms with Crippen molar-refractivity contribution in [2.75, 3.05) is 12.8 Å². The number of hydrogen-bond acceptors (Lipinski definition) is 7. The highest BCUT2D eigenvalue weighted by Gasteiger charge is 2.24. The average molecular weight is 525 g/mol. The van der Waals surface area contributed by atoms with Gasteiger partial charge < -0.3 is 20.8 Å². The maximum absolute atomic E-state index is 12.5. The van der Waals surface area contributed by atoms with Crippen molar-refractivity contribution in [1.29, 1.82) is 0 Å². The van der Waals surface area contributed by atoms with E-state index in [-0.39, 0.29) is 5.82 Å². The number of methoxy groups -OCH3 is 1. The number of aryl methyl sites for hydroxylation is 1. The molecule has 0 radical (unpaired) electrons. The predicted molar refractivity (Wildman–Crippen MR) is 146 cm³/mol. The first-order valence-corrected chi connectivity index (χ1v) is 11.9. The van der Waals surface area contributed by atoms with Crippen molar-refractivity contribution < 1.29 is 9.53 Å². The van der Waals surface area contributed by atoms with Gasteiger partial charge >= 0.3 is 0 Å². The van der Waals surface area contributed by atoms with Crippen LogP contribution in [0.1, 0.15) is 10.5 Å². The van der Waals surface area contributed by atoms with Gasteiger partial charge in [0.05, 0.1) is 18.2 Å². The van der Waals surface area contributed by atoms with Crippen LogP contribution in [0.3, 0.4) is 0 Å². The Balaban J connectivity index is 1.59. The zero-order valence-electron chi connectivity index (χ0n) is 20.4. The Labute approximate surface area is 221 Å². The molecule has 0 aliphatic heterocycles. The van der Waals surface area contributed by atoms with Gasteiger partial charge in [0.25, 0.3) is 5.91 Å². The third-order valence-electron chi connectivity index (χ3n) is 6.53. The van der Waals surface area contributed by atoms with Crippen molar-refractivity contribution in [1.82, 2.24) is 29.3 Å². The number of aromatic nitrogens is 6. The molecular formula is C27H21ClN8O2. The minimum absolute atomic E-state index is 0.282. The lowest BCUT2D eigenvalue weighted by molar-refractivity contribution is 0.0993. The summed E-state index contributed by atoms with van der Waals surface area (Å²) >= 11 is 6.13. The van der Waals surface area contributed by atoms with E-state index in [4.69, 9.17) is 32.9 Å². The molecule has 0 spiro atoms. The molecule has 188 valence electrons. The van der Waals surface area contributed by atoms with Gasteiger partial charge in [0.15, 0.2) is 5.65 Å². The molecule has 4 heterocycles. The maximum atomic E-state index is 12.5. The molecule has 11 heteroatoms. The number of ether oxygens (including phenoxy) is 1. The second kappa shape index (κ2) is 8.86. The molecule has 6 rings (SSSR count). The standard InChI is InChI=1S/C27H21ClN8O2/c1-35-18-6-4-3-5-16(18)21(24(35)26(30)37)17-8-7-14(11-19(17)38-2)23-22-25(29)32-13-33-27(22)36(34-23)15-9-10-31-20(28)12-15/h3-13H,1-2H3,(H2,30,37)(H2,29,32,33). The number of nitrogens with two attached hydrogens (primary N) is 2. The summed E-state index contributed by atoms with van der Waals surface area (Å²) in [6, 6.07) is 16.8. The van der Waals surface area contributed by atoms with Crippen LogP contribution < -0.4 is 16.2 Å². The van der Waals surface area contributed by atoms with E-state index in [1.165, 1.54) is 6.33 Å². The lowest BCUT2D eigenvalue weighted by Gasteiger charge is -2.12. The molecule has 0 aliphatic rings. The lowest BCUT2D eigenvalue weighted by Crippen LogP contribution is -2.16. The van der Waals surface area contributed by atoms with Crippen LogP contribution in [0.15, 0.2) is 67.1 Å². The van der Waals surface area contributed by atoms with Gasteiger partial charge in [-0.3, -0.25) is 4.79 Å². The van der Waals surface area contributed by atoms with Gasteiger partial charge in [0.1, 0.15) is 34.4 Å². The fraction of sp³-hybridized carbons (Fsp3) is 0.0741. The van der Waals surface area contributed by atoms with Crippen molar-refractivity contribution in [3.63, 3.8) is 0 Å². The van der Waals surface area contributed by atoms with Crippen molar-refractivity contribution in [2.45, 2.75) is 0 Å². The topological polar surface area (TPSA) is 140 Å². The summed E-state index contributed by atoms with van der Waals surface area (Å²) in [6.45, 7) is 0. The molecule has 0 saturated carbocycles. The molecule has 38 heavy (non-hydrogen) atoms. The van der Waals surface area contributed by atoms with E-state index in [0.29, 0.717) is 44.6 Å². The van der Waals surface area contributed by atoms with Gasteiger partial charge in [-0.2, -0.15) is 5.10 Å². The normalized spacial score (nSPS) is 11.3. The highest BCUT2D eigenvalue weighted by atomic mass is 35.5. The highest BCUT2D eigenvalue weighted by molar-refractivity contribution is 6.29. The average Bonchev–Trinajstić information content (AvgIpc) is 3.45. The summed E-state index contributed by atoms with van der Waals surface area (Å²) in [5, 5.41) is 6.61. The minimum Gasteiger partial charge on any atom is -0.496 e. The Kier molecular flexibility index (Phi) is 5.46. The van der Waals surface area contributed by atoms with Gasteiger partial charge in [-0.1, -0.05) is 35.9 Å². The van der Waals surface area contributed by atoms with E-state index < -0.39 is 5.91 Å². The maximum Gasteiger partial charge on any atom is 0.266 e. The summed E-state index contributed by atoms with van der Waals surface area (Å²) in [6.07, 6.45) is 2.98. The van der Waals surface area contributed by atoms with Gasteiger partial charge in [-0.15, -0.1) is 0 Å². The van der Waals surface area contributed by atoms with Crippen LogP contribution in [-0.2, 0) is 7.05 Å². The molecule has 0 bridgehead atoms. The summed E-state index contributed by atoms with van der Waals surface area (Å²) in [5.74, 6) is 0.284. The van der Waals surface area contributed by atoms with Crippen molar-refractivity contribution in [3.05, 3.63) is 78.0 Å². The van der Waals surface area contributed by atoms with Crippen LogP contribution in [0.4, 0.5) is 5.82 Å². The fourth-order valence-electron chi connectivity index (χ4n) is 4.88. The number of rotatable bonds is 5. The Morgan fingerprint density at radius 2 is 1.87 bits per heavy atom. The van der Waals surface area contributed by atoms with E-state index in [1.54, 1.807) is 34.7 Å². The van der Waals surface area contributed by atoms with E-state index in [9.17, 15) is 4.79 Å². The van der Waals surface area contributed by atoms with Crippen LogP contribution >= 0.6 is 11.6 Å². The SMILES string of the molecule is COc1cc(-c2nn(-c3ccnc(Cl)c3)c3ncnc(N)c23)ccc1-c1c(C(N)=O)n(C)c2ccccc12. The number of primary amides is 1. The molecule has 0 atom stereocenters. The predicted octanol–water partition coefficient (Wildman–Crippen LogP) is 4.38. The van der Waals surface area contributed by atoms with E-state index >= 15 is 0 Å². The number of carbonyl (C=O) groups is 1. The van der Waals surface area contributed by atoms with Crippen molar-refractivity contribution >= 4 is 45.3 Å². The molecule has 2 aromatic carbocycles. The first-order valence-electron chi connectivity index (χ1n) is 11.6. The van der Waals surface area contributed by atoms with Gasteiger partial charge in [-0.05, 0) is 24.3 Å². The molecule has 4 N–H and O–H groups in total. The summed E-state index contributed by atoms with van der Waals surface area (Å²) in [7, 11) is 3.39. The number of hydrogen-bond donors (Lipinski definition) is 2. The van der Waals surface area contributed by atoms with Crippen LogP contribution in [0.5, 0.6) is 5.75 Å². The van der Waals surface area contributed by atoms with Gasteiger partial charge in [0, 0.05) is 46.9 Å². The van der Waals surface area contributed by atoms with Crippen LogP contribution in [0.2, 0.25) is 5.15 Å².